The molecule has 18 heavy (non-hydrogen) atoms. The number of rotatable bonds is 1. The van der Waals surface area contributed by atoms with Gasteiger partial charge in [-0.15, -0.1) is 0 Å². The Kier molecular flexibility index (Phi) is 2.24. The van der Waals surface area contributed by atoms with E-state index < -0.39 is 0 Å². The van der Waals surface area contributed by atoms with Crippen molar-refractivity contribution in [2.24, 2.45) is 0 Å². The SMILES string of the molecule is CN1C2=CCCCC2(C)c2cc([N+](=O)[O-])ccc21. The van der Waals surface area contributed by atoms with Gasteiger partial charge in [-0.1, -0.05) is 6.08 Å². The van der Waals surface area contributed by atoms with Crippen LogP contribution in [0.2, 0.25) is 0 Å². The lowest BCUT2D eigenvalue weighted by Crippen LogP contribution is -2.28. The van der Waals surface area contributed by atoms with Crippen LogP contribution in [0.1, 0.15) is 31.7 Å². The average Bonchev–Trinajstić information content (AvgIpc) is 2.59. The average molecular weight is 244 g/mol. The molecule has 1 aromatic rings. The summed E-state index contributed by atoms with van der Waals surface area (Å²) in [5.41, 5.74) is 3.65. The molecule has 0 saturated heterocycles. The van der Waals surface area contributed by atoms with Crippen LogP contribution in [-0.4, -0.2) is 12.0 Å². The Balaban J connectivity index is 2.22. The molecular formula is C14H16N2O2. The second kappa shape index (κ2) is 3.57. The largest absolute Gasteiger partial charge is 0.347 e. The van der Waals surface area contributed by atoms with E-state index in [9.17, 15) is 10.1 Å². The maximum Gasteiger partial charge on any atom is 0.269 e. The van der Waals surface area contributed by atoms with Crippen molar-refractivity contribution >= 4 is 11.4 Å². The third kappa shape index (κ3) is 1.32. The van der Waals surface area contributed by atoms with Gasteiger partial charge in [0.25, 0.3) is 5.69 Å². The van der Waals surface area contributed by atoms with E-state index in [1.807, 2.05) is 13.1 Å². The zero-order valence-corrected chi connectivity index (χ0v) is 10.6. The Morgan fingerprint density at radius 2 is 2.22 bits per heavy atom. The Hall–Kier alpha value is -1.84. The van der Waals surface area contributed by atoms with Crippen molar-refractivity contribution in [1.29, 1.82) is 0 Å². The Morgan fingerprint density at radius 3 is 2.94 bits per heavy atom. The number of non-ortho nitro benzene ring substituents is 1. The van der Waals surface area contributed by atoms with E-state index >= 15 is 0 Å². The topological polar surface area (TPSA) is 46.4 Å². The molecule has 1 aromatic carbocycles. The number of likely N-dealkylation sites (N-methyl/N-ethyl adjacent to an activating group) is 1. The lowest BCUT2D eigenvalue weighted by molar-refractivity contribution is -0.384. The number of nitrogens with zero attached hydrogens (tertiary/aromatic N) is 2. The number of benzene rings is 1. The molecule has 3 rings (SSSR count). The van der Waals surface area contributed by atoms with Crippen LogP contribution in [0.15, 0.2) is 30.0 Å². The van der Waals surface area contributed by atoms with E-state index in [1.54, 1.807) is 12.1 Å². The number of nitro groups is 1. The molecule has 0 saturated carbocycles. The quantitative estimate of drug-likeness (QED) is 0.562. The summed E-state index contributed by atoms with van der Waals surface area (Å²) in [7, 11) is 2.05. The Morgan fingerprint density at radius 1 is 1.44 bits per heavy atom. The van der Waals surface area contributed by atoms with Gasteiger partial charge in [0, 0.05) is 36.0 Å². The Labute approximate surface area is 106 Å². The fourth-order valence-electron chi connectivity index (χ4n) is 3.33. The highest BCUT2D eigenvalue weighted by Crippen LogP contribution is 2.52. The minimum Gasteiger partial charge on any atom is -0.347 e. The van der Waals surface area contributed by atoms with Crippen molar-refractivity contribution in [2.75, 3.05) is 11.9 Å². The van der Waals surface area contributed by atoms with Crippen LogP contribution < -0.4 is 4.90 Å². The molecule has 4 heteroatoms. The van der Waals surface area contributed by atoms with Crippen molar-refractivity contribution in [3.05, 3.63) is 45.6 Å². The molecule has 1 unspecified atom stereocenters. The van der Waals surface area contributed by atoms with Crippen LogP contribution in [0.25, 0.3) is 0 Å². The molecule has 4 nitrogen and oxygen atoms in total. The normalized spacial score (nSPS) is 25.4. The first kappa shape index (κ1) is 11.3. The van der Waals surface area contributed by atoms with Crippen LogP contribution in [0, 0.1) is 10.1 Å². The minimum absolute atomic E-state index is 0.0473. The molecule has 0 spiro atoms. The monoisotopic (exact) mass is 244 g/mol. The number of allylic oxidation sites excluding steroid dienone is 2. The summed E-state index contributed by atoms with van der Waals surface area (Å²) in [5.74, 6) is 0. The molecular weight excluding hydrogens is 228 g/mol. The maximum absolute atomic E-state index is 10.9. The summed E-state index contributed by atoms with van der Waals surface area (Å²) in [6.45, 7) is 2.20. The summed E-state index contributed by atoms with van der Waals surface area (Å²) in [6.07, 6.45) is 5.59. The van der Waals surface area contributed by atoms with E-state index in [0.717, 1.165) is 30.5 Å². The molecule has 0 aromatic heterocycles. The fourth-order valence-corrected chi connectivity index (χ4v) is 3.33. The van der Waals surface area contributed by atoms with Gasteiger partial charge in [0.05, 0.1) is 4.92 Å². The maximum atomic E-state index is 10.9. The van der Waals surface area contributed by atoms with Gasteiger partial charge in [0.15, 0.2) is 0 Å². The van der Waals surface area contributed by atoms with E-state index in [2.05, 4.69) is 17.9 Å². The van der Waals surface area contributed by atoms with Crippen molar-refractivity contribution in [2.45, 2.75) is 31.6 Å². The number of hydrogen-bond donors (Lipinski definition) is 0. The van der Waals surface area contributed by atoms with Gasteiger partial charge in [-0.25, -0.2) is 0 Å². The molecule has 1 atom stereocenters. The van der Waals surface area contributed by atoms with Crippen molar-refractivity contribution in [3.8, 4) is 0 Å². The highest BCUT2D eigenvalue weighted by atomic mass is 16.6. The van der Waals surface area contributed by atoms with Gasteiger partial charge < -0.3 is 4.90 Å². The molecule has 2 aliphatic rings. The molecule has 0 radical (unpaired) electrons. The first-order chi connectivity index (χ1) is 8.54. The van der Waals surface area contributed by atoms with Gasteiger partial charge >= 0.3 is 0 Å². The summed E-state index contributed by atoms with van der Waals surface area (Å²) in [6, 6.07) is 5.21. The molecule has 0 bridgehead atoms. The van der Waals surface area contributed by atoms with Crippen LogP contribution >= 0.6 is 0 Å². The van der Waals surface area contributed by atoms with E-state index in [1.165, 1.54) is 5.70 Å². The van der Waals surface area contributed by atoms with Gasteiger partial charge in [0.1, 0.15) is 0 Å². The molecule has 0 N–H and O–H groups in total. The molecule has 0 amide bonds. The third-order valence-corrected chi connectivity index (χ3v) is 4.29. The van der Waals surface area contributed by atoms with Gasteiger partial charge in [-0.05, 0) is 37.8 Å². The van der Waals surface area contributed by atoms with E-state index in [-0.39, 0.29) is 16.0 Å². The smallest absolute Gasteiger partial charge is 0.269 e. The zero-order chi connectivity index (χ0) is 12.9. The second-order valence-electron chi connectivity index (χ2n) is 5.33. The van der Waals surface area contributed by atoms with E-state index in [4.69, 9.17) is 0 Å². The first-order valence-corrected chi connectivity index (χ1v) is 6.27. The molecule has 1 heterocycles. The fraction of sp³-hybridized carbons (Fsp3) is 0.429. The third-order valence-electron chi connectivity index (χ3n) is 4.29. The Bertz CT molecular complexity index is 565. The molecule has 1 aliphatic heterocycles. The number of anilines is 1. The van der Waals surface area contributed by atoms with Gasteiger partial charge in [-0.2, -0.15) is 0 Å². The highest BCUT2D eigenvalue weighted by Gasteiger charge is 2.43. The lowest BCUT2D eigenvalue weighted by atomic mass is 9.74. The zero-order valence-electron chi connectivity index (χ0n) is 10.6. The molecule has 0 fully saturated rings. The standard InChI is InChI=1S/C14H16N2O2/c1-14-8-4-3-5-13(14)15(2)12-7-6-10(16(17)18)9-11(12)14/h5-7,9H,3-4,8H2,1-2H3. The van der Waals surface area contributed by atoms with Crippen molar-refractivity contribution in [3.63, 3.8) is 0 Å². The number of nitro benzene ring substituents is 1. The summed E-state index contributed by atoms with van der Waals surface area (Å²) in [5, 5.41) is 10.9. The van der Waals surface area contributed by atoms with Crippen LogP contribution in [-0.2, 0) is 5.41 Å². The van der Waals surface area contributed by atoms with Crippen molar-refractivity contribution < 1.29 is 4.92 Å². The second-order valence-corrected chi connectivity index (χ2v) is 5.33. The van der Waals surface area contributed by atoms with Crippen LogP contribution in [0.3, 0.4) is 0 Å². The summed E-state index contributed by atoms with van der Waals surface area (Å²) < 4.78 is 0. The number of fused-ring (bicyclic) bond motifs is 3. The van der Waals surface area contributed by atoms with Crippen LogP contribution in [0.5, 0.6) is 0 Å². The first-order valence-electron chi connectivity index (χ1n) is 6.27. The number of hydrogen-bond acceptors (Lipinski definition) is 3. The predicted octanol–water partition coefficient (Wildman–Crippen LogP) is 3.37. The van der Waals surface area contributed by atoms with Crippen LogP contribution in [0.4, 0.5) is 11.4 Å². The predicted molar refractivity (Wildman–Crippen MR) is 70.8 cm³/mol. The summed E-state index contributed by atoms with van der Waals surface area (Å²) in [4.78, 5) is 12.8. The van der Waals surface area contributed by atoms with Gasteiger partial charge in [0.2, 0.25) is 0 Å². The molecule has 94 valence electrons. The van der Waals surface area contributed by atoms with Crippen molar-refractivity contribution in [1.82, 2.24) is 0 Å². The van der Waals surface area contributed by atoms with E-state index in [0.29, 0.717) is 0 Å². The summed E-state index contributed by atoms with van der Waals surface area (Å²) >= 11 is 0. The molecule has 1 aliphatic carbocycles. The lowest BCUT2D eigenvalue weighted by Gasteiger charge is -2.31. The highest BCUT2D eigenvalue weighted by molar-refractivity contribution is 5.72. The minimum atomic E-state index is -0.311. The van der Waals surface area contributed by atoms with Gasteiger partial charge in [-0.3, -0.25) is 10.1 Å².